The number of nitrogens with two attached hydrogens (primary N) is 1. The summed E-state index contributed by atoms with van der Waals surface area (Å²) in [5.41, 5.74) is 5.47. The minimum Gasteiger partial charge on any atom is -0.478 e. The Labute approximate surface area is 122 Å². The lowest BCUT2D eigenvalue weighted by molar-refractivity contribution is -0.0114. The third kappa shape index (κ3) is 2.50. The van der Waals surface area contributed by atoms with Crippen molar-refractivity contribution in [3.8, 4) is 0 Å². The van der Waals surface area contributed by atoms with Crippen molar-refractivity contribution in [2.24, 2.45) is 0 Å². The number of aromatic carboxylic acids is 1. The quantitative estimate of drug-likeness (QED) is 0.787. The van der Waals surface area contributed by atoms with E-state index in [9.17, 15) is 18.3 Å². The Morgan fingerprint density at radius 1 is 1.29 bits per heavy atom. The van der Waals surface area contributed by atoms with Crippen LogP contribution in [0.4, 0.5) is 5.69 Å². The highest BCUT2D eigenvalue weighted by atomic mass is 32.2. The van der Waals surface area contributed by atoms with Gasteiger partial charge in [0.2, 0.25) is 10.0 Å². The summed E-state index contributed by atoms with van der Waals surface area (Å²) in [5.74, 6) is -1.31. The van der Waals surface area contributed by atoms with Gasteiger partial charge in [-0.05, 0) is 31.0 Å². The van der Waals surface area contributed by atoms with Gasteiger partial charge in [0.05, 0.1) is 22.7 Å². The predicted octanol–water partition coefficient (Wildman–Crippen LogP) is 0.519. The van der Waals surface area contributed by atoms with Crippen LogP contribution in [-0.2, 0) is 14.8 Å². The van der Waals surface area contributed by atoms with E-state index in [0.717, 1.165) is 12.8 Å². The molecule has 3 rings (SSSR count). The molecule has 1 aromatic carbocycles. The van der Waals surface area contributed by atoms with Gasteiger partial charge in [-0.2, -0.15) is 4.31 Å². The van der Waals surface area contributed by atoms with Gasteiger partial charge in [0.15, 0.2) is 0 Å². The zero-order valence-corrected chi connectivity index (χ0v) is 12.0. The number of anilines is 1. The third-order valence-electron chi connectivity index (χ3n) is 3.86. The predicted molar refractivity (Wildman–Crippen MR) is 74.5 cm³/mol. The van der Waals surface area contributed by atoms with E-state index in [4.69, 9.17) is 10.5 Å². The Morgan fingerprint density at radius 2 is 1.90 bits per heavy atom. The smallest absolute Gasteiger partial charge is 0.337 e. The molecule has 21 heavy (non-hydrogen) atoms. The molecule has 2 heterocycles. The van der Waals surface area contributed by atoms with Crippen molar-refractivity contribution in [3.05, 3.63) is 23.8 Å². The molecule has 0 aromatic heterocycles. The molecule has 2 bridgehead atoms. The van der Waals surface area contributed by atoms with E-state index in [1.54, 1.807) is 0 Å². The normalized spacial score (nSPS) is 25.9. The number of benzene rings is 1. The van der Waals surface area contributed by atoms with E-state index < -0.39 is 16.0 Å². The molecule has 114 valence electrons. The monoisotopic (exact) mass is 312 g/mol. The highest BCUT2D eigenvalue weighted by molar-refractivity contribution is 7.89. The molecule has 2 aliphatic heterocycles. The van der Waals surface area contributed by atoms with Gasteiger partial charge in [-0.1, -0.05) is 0 Å². The van der Waals surface area contributed by atoms with E-state index >= 15 is 0 Å². The number of nitrogens with zero attached hydrogens (tertiary/aromatic N) is 1. The summed E-state index contributed by atoms with van der Waals surface area (Å²) >= 11 is 0. The Kier molecular flexibility index (Phi) is 3.39. The molecule has 0 saturated carbocycles. The zero-order chi connectivity index (χ0) is 15.2. The highest BCUT2D eigenvalue weighted by Gasteiger charge is 2.40. The number of hydrogen-bond acceptors (Lipinski definition) is 5. The molecular formula is C13H16N2O5S. The van der Waals surface area contributed by atoms with Crippen LogP contribution in [0.5, 0.6) is 0 Å². The summed E-state index contributed by atoms with van der Waals surface area (Å²) in [6.07, 6.45) is 1.48. The van der Waals surface area contributed by atoms with Crippen LogP contribution in [0.3, 0.4) is 0 Å². The van der Waals surface area contributed by atoms with Gasteiger partial charge in [-0.15, -0.1) is 0 Å². The van der Waals surface area contributed by atoms with Gasteiger partial charge in [0.25, 0.3) is 0 Å². The molecule has 7 nitrogen and oxygen atoms in total. The summed E-state index contributed by atoms with van der Waals surface area (Å²) in [7, 11) is -3.86. The minimum absolute atomic E-state index is 0.0967. The largest absolute Gasteiger partial charge is 0.478 e. The van der Waals surface area contributed by atoms with Crippen LogP contribution in [0.1, 0.15) is 23.2 Å². The molecule has 2 unspecified atom stereocenters. The van der Waals surface area contributed by atoms with Crippen molar-refractivity contribution in [2.45, 2.75) is 29.9 Å². The number of rotatable bonds is 3. The number of nitrogen functional groups attached to an aromatic ring is 1. The summed E-state index contributed by atoms with van der Waals surface area (Å²) in [6.45, 7) is 0.532. The summed E-state index contributed by atoms with van der Waals surface area (Å²) in [4.78, 5) is 11.1. The summed E-state index contributed by atoms with van der Waals surface area (Å²) < 4.78 is 32.3. The van der Waals surface area contributed by atoms with Crippen LogP contribution >= 0.6 is 0 Å². The first-order chi connectivity index (χ1) is 9.88. The molecule has 2 fully saturated rings. The second-order valence-electron chi connectivity index (χ2n) is 5.34. The average molecular weight is 312 g/mol. The first-order valence-corrected chi connectivity index (χ1v) is 8.10. The van der Waals surface area contributed by atoms with Gasteiger partial charge in [0, 0.05) is 18.8 Å². The summed E-state index contributed by atoms with van der Waals surface area (Å²) in [5, 5.41) is 9.20. The summed E-state index contributed by atoms with van der Waals surface area (Å²) in [6, 6.07) is 3.82. The van der Waals surface area contributed by atoms with Gasteiger partial charge in [-0.25, -0.2) is 13.2 Å². The average Bonchev–Trinajstić information content (AvgIpc) is 2.76. The molecule has 2 aliphatic rings. The highest BCUT2D eigenvalue weighted by Crippen LogP contribution is 2.31. The maximum atomic E-state index is 12.7. The number of sulfonamides is 1. The second kappa shape index (κ2) is 4.97. The first kappa shape index (κ1) is 14.3. The van der Waals surface area contributed by atoms with Crippen LogP contribution in [0.15, 0.2) is 23.1 Å². The van der Waals surface area contributed by atoms with Crippen molar-refractivity contribution in [2.75, 3.05) is 18.8 Å². The fourth-order valence-electron chi connectivity index (χ4n) is 2.85. The number of carbonyl (C=O) groups is 1. The number of fused-ring (bicyclic) bond motifs is 2. The van der Waals surface area contributed by atoms with E-state index in [1.165, 1.54) is 22.5 Å². The topological polar surface area (TPSA) is 110 Å². The van der Waals surface area contributed by atoms with E-state index in [2.05, 4.69) is 0 Å². The van der Waals surface area contributed by atoms with Gasteiger partial charge in [-0.3, -0.25) is 0 Å². The van der Waals surface area contributed by atoms with Crippen molar-refractivity contribution < 1.29 is 23.1 Å². The van der Waals surface area contributed by atoms with Crippen LogP contribution in [0.2, 0.25) is 0 Å². The van der Waals surface area contributed by atoms with Crippen LogP contribution < -0.4 is 5.73 Å². The SMILES string of the molecule is Nc1ccc(S(=O)(=O)N2CC3CCC(C2)O3)c(C(=O)O)c1. The molecule has 1 aromatic rings. The van der Waals surface area contributed by atoms with Crippen LogP contribution in [-0.4, -0.2) is 49.1 Å². The molecule has 0 radical (unpaired) electrons. The van der Waals surface area contributed by atoms with Crippen LogP contribution in [0, 0.1) is 0 Å². The maximum absolute atomic E-state index is 12.7. The fraction of sp³-hybridized carbons (Fsp3) is 0.462. The van der Waals surface area contributed by atoms with E-state index in [0.29, 0.717) is 0 Å². The number of carboxylic acids is 1. The van der Waals surface area contributed by atoms with Gasteiger partial charge >= 0.3 is 5.97 Å². The lowest BCUT2D eigenvalue weighted by Gasteiger charge is -2.31. The number of morpholine rings is 1. The maximum Gasteiger partial charge on any atom is 0.337 e. The molecule has 0 amide bonds. The van der Waals surface area contributed by atoms with Gasteiger partial charge < -0.3 is 15.6 Å². The Balaban J connectivity index is 2.01. The number of hydrogen-bond donors (Lipinski definition) is 2. The van der Waals surface area contributed by atoms with Crippen molar-refractivity contribution >= 4 is 21.7 Å². The van der Waals surface area contributed by atoms with Crippen LogP contribution in [0.25, 0.3) is 0 Å². The first-order valence-electron chi connectivity index (χ1n) is 6.66. The lowest BCUT2D eigenvalue weighted by Crippen LogP contribution is -2.46. The molecule has 3 N–H and O–H groups in total. The van der Waals surface area contributed by atoms with Crippen molar-refractivity contribution in [3.63, 3.8) is 0 Å². The number of ether oxygens (including phenoxy) is 1. The molecule has 2 atom stereocenters. The zero-order valence-electron chi connectivity index (χ0n) is 11.2. The van der Waals surface area contributed by atoms with Crippen molar-refractivity contribution in [1.82, 2.24) is 4.31 Å². The minimum atomic E-state index is -3.86. The van der Waals surface area contributed by atoms with Crippen molar-refractivity contribution in [1.29, 1.82) is 0 Å². The molecule has 2 saturated heterocycles. The van der Waals surface area contributed by atoms with E-state index in [1.807, 2.05) is 0 Å². The molecule has 8 heteroatoms. The molecular weight excluding hydrogens is 296 g/mol. The van der Waals surface area contributed by atoms with E-state index in [-0.39, 0.29) is 41.4 Å². The second-order valence-corrected chi connectivity index (χ2v) is 7.25. The fourth-order valence-corrected chi connectivity index (χ4v) is 4.52. The Morgan fingerprint density at radius 3 is 2.48 bits per heavy atom. The Hall–Kier alpha value is -1.64. The Bertz CT molecular complexity index is 676. The molecule has 0 aliphatic carbocycles. The third-order valence-corrected chi connectivity index (χ3v) is 5.75. The standard InChI is InChI=1S/C13H16N2O5S/c14-8-1-4-12(11(5-8)13(16)17)21(18,19)15-6-9-2-3-10(7-15)20-9/h1,4-5,9-10H,2-3,6-7,14H2,(H,16,17). The molecule has 0 spiro atoms. The number of carboxylic acid groups (broad SMARTS) is 1. The lowest BCUT2D eigenvalue weighted by atomic mass is 10.2. The van der Waals surface area contributed by atoms with Gasteiger partial charge in [0.1, 0.15) is 0 Å².